The lowest BCUT2D eigenvalue weighted by molar-refractivity contribution is 0.393. The van der Waals surface area contributed by atoms with Crippen molar-refractivity contribution in [3.05, 3.63) is 65.0 Å². The third kappa shape index (κ3) is 2.21. The van der Waals surface area contributed by atoms with Gasteiger partial charge in [0.1, 0.15) is 23.1 Å². The van der Waals surface area contributed by atoms with Crippen LogP contribution in [0, 0.1) is 11.3 Å². The summed E-state index contributed by atoms with van der Waals surface area (Å²) in [7, 11) is 1.60. The van der Waals surface area contributed by atoms with Crippen LogP contribution in [-0.2, 0) is 0 Å². The highest BCUT2D eigenvalue weighted by atomic mass is 16.5. The molecule has 3 rings (SSSR count). The molecular formula is C17H15N3O2. The van der Waals surface area contributed by atoms with Crippen molar-refractivity contribution in [1.82, 2.24) is 0 Å². The quantitative estimate of drug-likeness (QED) is 0.830. The van der Waals surface area contributed by atoms with Gasteiger partial charge in [-0.2, -0.15) is 5.26 Å². The Balaban J connectivity index is 2.21. The zero-order chi connectivity index (χ0) is 15.7. The molecule has 5 nitrogen and oxygen atoms in total. The van der Waals surface area contributed by atoms with E-state index in [1.807, 2.05) is 30.3 Å². The Hall–Kier alpha value is -3.13. The highest BCUT2D eigenvalue weighted by molar-refractivity contribution is 5.59. The largest absolute Gasteiger partial charge is 0.497 e. The summed E-state index contributed by atoms with van der Waals surface area (Å²) in [5, 5.41) is 9.48. The number of nitriles is 1. The van der Waals surface area contributed by atoms with Gasteiger partial charge in [-0.3, -0.25) is 0 Å². The molecule has 1 atom stereocenters. The van der Waals surface area contributed by atoms with Crippen LogP contribution in [0.5, 0.6) is 11.5 Å². The number of nitrogen functional groups attached to an aromatic ring is 1. The van der Waals surface area contributed by atoms with Crippen LogP contribution < -0.4 is 20.9 Å². The van der Waals surface area contributed by atoms with E-state index >= 15 is 0 Å². The number of rotatable bonds is 2. The highest BCUT2D eigenvalue weighted by Crippen LogP contribution is 2.43. The van der Waals surface area contributed by atoms with Gasteiger partial charge in [0, 0.05) is 17.3 Å². The Morgan fingerprint density at radius 3 is 2.73 bits per heavy atom. The van der Waals surface area contributed by atoms with Gasteiger partial charge in [-0.15, -0.1) is 0 Å². The van der Waals surface area contributed by atoms with Crippen LogP contribution in [0.2, 0.25) is 0 Å². The van der Waals surface area contributed by atoms with Gasteiger partial charge in [-0.25, -0.2) is 0 Å². The van der Waals surface area contributed by atoms with Crippen molar-refractivity contribution in [3.8, 4) is 17.6 Å². The first-order valence-corrected chi connectivity index (χ1v) is 6.75. The average molecular weight is 293 g/mol. The van der Waals surface area contributed by atoms with Crippen molar-refractivity contribution in [2.24, 2.45) is 5.73 Å². The summed E-state index contributed by atoms with van der Waals surface area (Å²) in [5.41, 5.74) is 14.4. The van der Waals surface area contributed by atoms with Crippen molar-refractivity contribution in [2.45, 2.75) is 5.92 Å². The molecule has 0 saturated heterocycles. The Morgan fingerprint density at radius 2 is 2.00 bits per heavy atom. The monoisotopic (exact) mass is 293 g/mol. The first kappa shape index (κ1) is 13.8. The number of benzene rings is 2. The van der Waals surface area contributed by atoms with E-state index in [0.29, 0.717) is 17.0 Å². The molecule has 22 heavy (non-hydrogen) atoms. The third-order valence-corrected chi connectivity index (χ3v) is 3.67. The van der Waals surface area contributed by atoms with Crippen molar-refractivity contribution in [2.75, 3.05) is 12.8 Å². The molecule has 5 heteroatoms. The SMILES string of the molecule is COc1cccc([C@@H]2C(C#N)=C(N)Oc3cc(N)ccc32)c1. The van der Waals surface area contributed by atoms with E-state index in [1.54, 1.807) is 19.2 Å². The topological polar surface area (TPSA) is 94.3 Å². The molecule has 0 saturated carbocycles. The number of allylic oxidation sites excluding steroid dienone is 1. The lowest BCUT2D eigenvalue weighted by Gasteiger charge is -2.26. The number of nitrogens with two attached hydrogens (primary N) is 2. The molecule has 1 aliphatic heterocycles. The minimum absolute atomic E-state index is 0.105. The highest BCUT2D eigenvalue weighted by Gasteiger charge is 2.30. The molecule has 4 N–H and O–H groups in total. The number of hydrogen-bond acceptors (Lipinski definition) is 5. The fraction of sp³-hybridized carbons (Fsp3) is 0.118. The summed E-state index contributed by atoms with van der Waals surface area (Å²) >= 11 is 0. The zero-order valence-electron chi connectivity index (χ0n) is 12.0. The molecule has 0 unspecified atom stereocenters. The molecule has 110 valence electrons. The predicted molar refractivity (Wildman–Crippen MR) is 83.1 cm³/mol. The van der Waals surface area contributed by atoms with Gasteiger partial charge in [0.05, 0.1) is 13.0 Å². The van der Waals surface area contributed by atoms with Crippen molar-refractivity contribution >= 4 is 5.69 Å². The molecule has 0 spiro atoms. The molecule has 0 aliphatic carbocycles. The second kappa shape index (κ2) is 5.34. The summed E-state index contributed by atoms with van der Waals surface area (Å²) in [4.78, 5) is 0. The number of methoxy groups -OCH3 is 1. The maximum absolute atomic E-state index is 9.48. The van der Waals surface area contributed by atoms with Gasteiger partial charge in [-0.05, 0) is 23.8 Å². The molecular weight excluding hydrogens is 278 g/mol. The molecule has 0 amide bonds. The van der Waals surface area contributed by atoms with Gasteiger partial charge in [-0.1, -0.05) is 18.2 Å². The zero-order valence-corrected chi connectivity index (χ0v) is 12.0. The second-order valence-electron chi connectivity index (χ2n) is 5.00. The van der Waals surface area contributed by atoms with Crippen molar-refractivity contribution < 1.29 is 9.47 Å². The maximum atomic E-state index is 9.48. The van der Waals surface area contributed by atoms with Crippen LogP contribution in [-0.4, -0.2) is 7.11 Å². The van der Waals surface area contributed by atoms with Crippen LogP contribution >= 0.6 is 0 Å². The van der Waals surface area contributed by atoms with Crippen LogP contribution in [0.25, 0.3) is 0 Å². The van der Waals surface area contributed by atoms with E-state index < -0.39 is 0 Å². The molecule has 2 aromatic carbocycles. The van der Waals surface area contributed by atoms with Crippen LogP contribution in [0.1, 0.15) is 17.0 Å². The normalized spacial score (nSPS) is 16.5. The van der Waals surface area contributed by atoms with E-state index in [1.165, 1.54) is 0 Å². The molecule has 2 aromatic rings. The first-order chi connectivity index (χ1) is 10.6. The molecule has 1 heterocycles. The summed E-state index contributed by atoms with van der Waals surface area (Å²) in [6.45, 7) is 0. The van der Waals surface area contributed by atoms with Crippen molar-refractivity contribution in [3.63, 3.8) is 0 Å². The third-order valence-electron chi connectivity index (χ3n) is 3.67. The average Bonchev–Trinajstić information content (AvgIpc) is 2.53. The molecule has 0 fully saturated rings. The summed E-state index contributed by atoms with van der Waals surface area (Å²) < 4.78 is 10.8. The number of fused-ring (bicyclic) bond motifs is 1. The van der Waals surface area contributed by atoms with Crippen LogP contribution in [0.4, 0.5) is 5.69 Å². The standard InChI is InChI=1S/C17H15N3O2/c1-21-12-4-2-3-10(7-12)16-13-6-5-11(19)8-15(13)22-17(20)14(16)9-18/h2-8,16H,19-20H2,1H3/t16-/m0/s1. The lowest BCUT2D eigenvalue weighted by Crippen LogP contribution is -2.21. The molecule has 0 bridgehead atoms. The lowest BCUT2D eigenvalue weighted by atomic mass is 9.83. The number of ether oxygens (including phenoxy) is 2. The summed E-state index contributed by atoms with van der Waals surface area (Å²) in [5.74, 6) is 1.10. The van der Waals surface area contributed by atoms with Crippen molar-refractivity contribution in [1.29, 1.82) is 5.26 Å². The summed E-state index contributed by atoms with van der Waals surface area (Å²) in [6.07, 6.45) is 0. The van der Waals surface area contributed by atoms with Crippen LogP contribution in [0.15, 0.2) is 53.9 Å². The molecule has 1 aliphatic rings. The number of hydrogen-bond donors (Lipinski definition) is 2. The van der Waals surface area contributed by atoms with E-state index in [-0.39, 0.29) is 11.8 Å². The fourth-order valence-corrected chi connectivity index (χ4v) is 2.64. The van der Waals surface area contributed by atoms with Gasteiger partial charge < -0.3 is 20.9 Å². The van der Waals surface area contributed by atoms with E-state index in [0.717, 1.165) is 16.9 Å². The Bertz CT molecular complexity index is 806. The van der Waals surface area contributed by atoms with Gasteiger partial charge in [0.25, 0.3) is 0 Å². The Kier molecular flexibility index (Phi) is 3.36. The smallest absolute Gasteiger partial charge is 0.205 e. The van der Waals surface area contributed by atoms with E-state index in [4.69, 9.17) is 20.9 Å². The van der Waals surface area contributed by atoms with Gasteiger partial charge in [0.15, 0.2) is 0 Å². The minimum atomic E-state index is -0.301. The van der Waals surface area contributed by atoms with E-state index in [9.17, 15) is 5.26 Å². The minimum Gasteiger partial charge on any atom is -0.497 e. The summed E-state index contributed by atoms with van der Waals surface area (Å²) in [6, 6.07) is 15.1. The second-order valence-corrected chi connectivity index (χ2v) is 5.00. The Morgan fingerprint density at radius 1 is 1.18 bits per heavy atom. The molecule has 0 radical (unpaired) electrons. The number of anilines is 1. The van der Waals surface area contributed by atoms with Gasteiger partial charge >= 0.3 is 0 Å². The molecule has 0 aromatic heterocycles. The van der Waals surface area contributed by atoms with Gasteiger partial charge in [0.2, 0.25) is 5.88 Å². The van der Waals surface area contributed by atoms with E-state index in [2.05, 4.69) is 6.07 Å². The maximum Gasteiger partial charge on any atom is 0.205 e. The number of nitrogens with zero attached hydrogens (tertiary/aromatic N) is 1. The first-order valence-electron chi connectivity index (χ1n) is 6.75. The fourth-order valence-electron chi connectivity index (χ4n) is 2.64. The van der Waals surface area contributed by atoms with Crippen LogP contribution in [0.3, 0.4) is 0 Å². The predicted octanol–water partition coefficient (Wildman–Crippen LogP) is 2.50. The Labute approximate surface area is 128 Å².